The highest BCUT2D eigenvalue weighted by Gasteiger charge is 2.75. The summed E-state index contributed by atoms with van der Waals surface area (Å²) in [6.45, 7) is 13.3. The lowest BCUT2D eigenvalue weighted by atomic mass is 9.39. The fraction of sp³-hybridized carbons (Fsp3) is 0.800. The summed E-state index contributed by atoms with van der Waals surface area (Å²) in [6.07, 6.45) is 6.67. The molecule has 1 aromatic carbocycles. The lowest BCUT2D eigenvalue weighted by Crippen LogP contribution is -2.76. The van der Waals surface area contributed by atoms with Crippen molar-refractivity contribution in [1.29, 1.82) is 0 Å². The molecule has 2 aliphatic heterocycles. The molecule has 35 heavy (non-hydrogen) atoms. The summed E-state index contributed by atoms with van der Waals surface area (Å²) in [4.78, 5) is 2.84. The molecule has 6 rings (SSSR count). The van der Waals surface area contributed by atoms with Crippen LogP contribution in [0.2, 0.25) is 0 Å². The van der Waals surface area contributed by atoms with Gasteiger partial charge in [0.2, 0.25) is 0 Å². The number of rotatable bonds is 6. The Morgan fingerprint density at radius 1 is 1.17 bits per heavy atom. The molecule has 5 heteroatoms. The van der Waals surface area contributed by atoms with Gasteiger partial charge in [-0.25, -0.2) is 0 Å². The Balaban J connectivity index is 1.58. The summed E-state index contributed by atoms with van der Waals surface area (Å²) in [5.74, 6) is 2.63. The average Bonchev–Trinajstić information content (AvgIpc) is 3.56. The van der Waals surface area contributed by atoms with Crippen LogP contribution in [0.4, 0.5) is 0 Å². The molecule has 1 saturated heterocycles. The van der Waals surface area contributed by atoms with Crippen LogP contribution >= 0.6 is 0 Å². The first-order chi connectivity index (χ1) is 16.6. The lowest BCUT2D eigenvalue weighted by Gasteiger charge is -2.69. The van der Waals surface area contributed by atoms with E-state index in [1.54, 1.807) is 7.11 Å². The maximum Gasteiger partial charge on any atom is 0.165 e. The summed E-state index contributed by atoms with van der Waals surface area (Å²) < 4.78 is 19.2. The maximum atomic E-state index is 12.2. The first-order valence-corrected chi connectivity index (χ1v) is 13.9. The summed E-state index contributed by atoms with van der Waals surface area (Å²) in [5.41, 5.74) is 1.60. The molecule has 2 bridgehead atoms. The summed E-state index contributed by atoms with van der Waals surface area (Å²) in [6, 6.07) is 4.88. The quantitative estimate of drug-likeness (QED) is 0.620. The summed E-state index contributed by atoms with van der Waals surface area (Å²) >= 11 is 0. The normalized spacial score (nSPS) is 39.5. The van der Waals surface area contributed by atoms with Gasteiger partial charge in [0.05, 0.1) is 12.7 Å². The molecule has 5 aliphatic rings. The first kappa shape index (κ1) is 24.1. The zero-order valence-electron chi connectivity index (χ0n) is 22.8. The van der Waals surface area contributed by atoms with Crippen LogP contribution in [0, 0.1) is 22.7 Å². The average molecular weight is 484 g/mol. The third-order valence-electron chi connectivity index (χ3n) is 11.4. The van der Waals surface area contributed by atoms with E-state index in [-0.39, 0.29) is 34.4 Å². The highest BCUT2D eigenvalue weighted by molar-refractivity contribution is 5.62. The van der Waals surface area contributed by atoms with E-state index >= 15 is 0 Å². The molecule has 1 spiro atoms. The van der Waals surface area contributed by atoms with Crippen molar-refractivity contribution >= 4 is 0 Å². The highest BCUT2D eigenvalue weighted by Crippen LogP contribution is 2.72. The topological polar surface area (TPSA) is 51.2 Å². The van der Waals surface area contributed by atoms with Crippen molar-refractivity contribution in [3.8, 4) is 11.5 Å². The Labute approximate surface area is 211 Å². The fourth-order valence-electron chi connectivity index (χ4n) is 8.91. The molecule has 1 N–H and O–H groups in total. The molecule has 2 heterocycles. The van der Waals surface area contributed by atoms with E-state index in [4.69, 9.17) is 14.2 Å². The molecule has 0 amide bonds. The number of likely N-dealkylation sites (tertiary alicyclic amines) is 1. The van der Waals surface area contributed by atoms with E-state index in [2.05, 4.69) is 44.7 Å². The van der Waals surface area contributed by atoms with Gasteiger partial charge in [-0.1, -0.05) is 33.8 Å². The Morgan fingerprint density at radius 2 is 1.91 bits per heavy atom. The number of piperidine rings is 1. The van der Waals surface area contributed by atoms with Crippen LogP contribution in [0.5, 0.6) is 11.5 Å². The zero-order chi connectivity index (χ0) is 25.0. The van der Waals surface area contributed by atoms with Crippen LogP contribution in [0.25, 0.3) is 0 Å². The van der Waals surface area contributed by atoms with Crippen molar-refractivity contribution in [2.24, 2.45) is 22.7 Å². The number of methoxy groups -OCH3 is 2. The predicted octanol–water partition coefficient (Wildman–Crippen LogP) is 4.96. The zero-order valence-corrected chi connectivity index (χ0v) is 22.8. The fourth-order valence-corrected chi connectivity index (χ4v) is 8.91. The molecule has 0 radical (unpaired) electrons. The number of hydrogen-bond acceptors (Lipinski definition) is 5. The van der Waals surface area contributed by atoms with Gasteiger partial charge in [0, 0.05) is 36.6 Å². The number of hydrogen-bond donors (Lipinski definition) is 1. The minimum Gasteiger partial charge on any atom is -0.493 e. The molecule has 0 aromatic heterocycles. The number of benzene rings is 1. The number of ether oxygens (including phenoxy) is 3. The van der Waals surface area contributed by atoms with Gasteiger partial charge in [-0.05, 0) is 80.4 Å². The van der Waals surface area contributed by atoms with Crippen molar-refractivity contribution in [1.82, 2.24) is 4.90 Å². The van der Waals surface area contributed by atoms with Crippen LogP contribution in [-0.2, 0) is 16.6 Å². The smallest absolute Gasteiger partial charge is 0.165 e. The lowest BCUT2D eigenvalue weighted by molar-refractivity contribution is -0.237. The molecule has 1 aromatic rings. The van der Waals surface area contributed by atoms with Gasteiger partial charge in [0.1, 0.15) is 12.2 Å². The van der Waals surface area contributed by atoms with Crippen LogP contribution in [-0.4, -0.2) is 61.2 Å². The minimum atomic E-state index is -0.893. The monoisotopic (exact) mass is 483 g/mol. The Hall–Kier alpha value is -1.30. The van der Waals surface area contributed by atoms with Gasteiger partial charge >= 0.3 is 0 Å². The van der Waals surface area contributed by atoms with Crippen LogP contribution in [0.1, 0.15) is 77.8 Å². The standard InChI is InChI=1S/C30H45NO4/c1-8-29-16-20(28(5,32)27(2,3)4)24(34-7)26-30(29)13-14-31(17-18-9-10-18)22(29)15-19-11-12-21(33-6)25(35-26)23(19)30/h11-12,18,20,22,24,26,32H,8-10,13-17H2,1-7H3/t20-,22+,24+,26-,28-,29+,30-/m0/s1. The Bertz CT molecular complexity index is 1010. The van der Waals surface area contributed by atoms with Gasteiger partial charge in [-0.2, -0.15) is 0 Å². The predicted molar refractivity (Wildman–Crippen MR) is 137 cm³/mol. The third kappa shape index (κ3) is 2.92. The molecule has 0 unspecified atom stereocenters. The van der Waals surface area contributed by atoms with Crippen molar-refractivity contribution < 1.29 is 19.3 Å². The van der Waals surface area contributed by atoms with Crippen molar-refractivity contribution in [3.05, 3.63) is 23.3 Å². The van der Waals surface area contributed by atoms with Gasteiger partial charge in [-0.3, -0.25) is 4.90 Å². The van der Waals surface area contributed by atoms with Crippen LogP contribution < -0.4 is 9.47 Å². The Morgan fingerprint density at radius 3 is 2.51 bits per heavy atom. The largest absolute Gasteiger partial charge is 0.493 e. The number of nitrogens with zero attached hydrogens (tertiary/aromatic N) is 1. The van der Waals surface area contributed by atoms with Gasteiger partial charge in [0.25, 0.3) is 0 Å². The summed E-state index contributed by atoms with van der Waals surface area (Å²) in [5, 5.41) is 12.2. The van der Waals surface area contributed by atoms with Crippen molar-refractivity contribution in [2.45, 2.75) is 102 Å². The minimum absolute atomic E-state index is 0.0178. The molecule has 194 valence electrons. The molecule has 3 aliphatic carbocycles. The van der Waals surface area contributed by atoms with Crippen LogP contribution in [0.3, 0.4) is 0 Å². The molecule has 5 nitrogen and oxygen atoms in total. The second-order valence-corrected chi connectivity index (χ2v) is 13.5. The van der Waals surface area contributed by atoms with Crippen LogP contribution in [0.15, 0.2) is 12.1 Å². The van der Waals surface area contributed by atoms with E-state index in [1.165, 1.54) is 30.5 Å². The van der Waals surface area contributed by atoms with E-state index in [1.807, 2.05) is 14.0 Å². The second-order valence-electron chi connectivity index (χ2n) is 13.5. The molecular formula is C30H45NO4. The van der Waals surface area contributed by atoms with E-state index in [0.29, 0.717) is 6.04 Å². The third-order valence-corrected chi connectivity index (χ3v) is 11.4. The second kappa shape index (κ2) is 7.61. The molecule has 2 saturated carbocycles. The number of aliphatic hydroxyl groups is 1. The van der Waals surface area contributed by atoms with E-state index in [0.717, 1.165) is 49.6 Å². The van der Waals surface area contributed by atoms with Gasteiger partial charge < -0.3 is 19.3 Å². The maximum absolute atomic E-state index is 12.2. The van der Waals surface area contributed by atoms with E-state index in [9.17, 15) is 5.11 Å². The summed E-state index contributed by atoms with van der Waals surface area (Å²) in [7, 11) is 3.57. The SMILES string of the molecule is CC[C@]12C[C@H]([C@](C)(O)C(C)(C)C)[C@@H](OC)[C@@H]3Oc4c(OC)ccc5c4[C@@]31CCN(CC1CC1)[C@@H]2C5. The van der Waals surface area contributed by atoms with E-state index < -0.39 is 5.60 Å². The van der Waals surface area contributed by atoms with Crippen molar-refractivity contribution in [3.63, 3.8) is 0 Å². The van der Waals surface area contributed by atoms with Crippen molar-refractivity contribution in [2.75, 3.05) is 27.3 Å². The molecule has 3 fully saturated rings. The first-order valence-electron chi connectivity index (χ1n) is 13.9. The molecular weight excluding hydrogens is 438 g/mol. The van der Waals surface area contributed by atoms with Gasteiger partial charge in [0.15, 0.2) is 11.5 Å². The van der Waals surface area contributed by atoms with Gasteiger partial charge in [-0.15, -0.1) is 0 Å². The molecule has 7 atom stereocenters. The highest BCUT2D eigenvalue weighted by atomic mass is 16.6. The Kier molecular flexibility index (Phi) is 5.23.